The smallest absolute Gasteiger partial charge is 0.0468 e. The fourth-order valence-corrected chi connectivity index (χ4v) is 3.19. The summed E-state index contributed by atoms with van der Waals surface area (Å²) in [5.41, 5.74) is 6.06. The van der Waals surface area contributed by atoms with E-state index in [-0.39, 0.29) is 0 Å². The molecule has 2 N–H and O–H groups in total. The van der Waals surface area contributed by atoms with Crippen molar-refractivity contribution in [3.63, 3.8) is 0 Å². The number of hydrogen-bond acceptors (Lipinski definition) is 2. The first-order valence-corrected chi connectivity index (χ1v) is 6.10. The van der Waals surface area contributed by atoms with E-state index in [0.29, 0.717) is 6.04 Å². The maximum Gasteiger partial charge on any atom is 0.0468 e. The zero-order valence-electron chi connectivity index (χ0n) is 9.24. The Morgan fingerprint density at radius 2 is 1.79 bits per heavy atom. The summed E-state index contributed by atoms with van der Waals surface area (Å²) >= 11 is 0. The van der Waals surface area contributed by atoms with Gasteiger partial charge in [-0.25, -0.2) is 0 Å². The maximum absolute atomic E-state index is 6.06. The first kappa shape index (κ1) is 10.4. The fourth-order valence-electron chi connectivity index (χ4n) is 3.19. The maximum atomic E-state index is 6.06. The van der Waals surface area contributed by atoms with Crippen LogP contribution in [0.2, 0.25) is 0 Å². The van der Waals surface area contributed by atoms with Gasteiger partial charge in [0.05, 0.1) is 0 Å². The van der Waals surface area contributed by atoms with Gasteiger partial charge in [0.25, 0.3) is 0 Å². The van der Waals surface area contributed by atoms with Crippen molar-refractivity contribution in [3.8, 4) is 0 Å². The van der Waals surface area contributed by atoms with Crippen molar-refractivity contribution in [2.24, 2.45) is 23.5 Å². The number of nitrogens with two attached hydrogens (primary N) is 1. The summed E-state index contributed by atoms with van der Waals surface area (Å²) in [6.07, 6.45) is 6.36. The van der Waals surface area contributed by atoms with Crippen LogP contribution in [0.1, 0.15) is 39.0 Å². The summed E-state index contributed by atoms with van der Waals surface area (Å²) in [5.74, 6) is 2.66. The summed E-state index contributed by atoms with van der Waals surface area (Å²) in [6, 6.07) is 0.471. The van der Waals surface area contributed by atoms with Gasteiger partial charge in [-0.1, -0.05) is 6.92 Å². The molecule has 0 radical (unpaired) electrons. The molecule has 82 valence electrons. The third-order valence-electron chi connectivity index (χ3n) is 4.17. The quantitative estimate of drug-likeness (QED) is 0.699. The molecule has 3 unspecified atom stereocenters. The van der Waals surface area contributed by atoms with Crippen molar-refractivity contribution >= 4 is 0 Å². The molecule has 3 atom stereocenters. The Balaban J connectivity index is 1.92. The van der Waals surface area contributed by atoms with Crippen LogP contribution in [-0.2, 0) is 4.74 Å². The van der Waals surface area contributed by atoms with Crippen molar-refractivity contribution in [1.82, 2.24) is 0 Å². The summed E-state index contributed by atoms with van der Waals surface area (Å²) in [5, 5.41) is 0. The lowest BCUT2D eigenvalue weighted by molar-refractivity contribution is 0.0236. The minimum atomic E-state index is 0.471. The zero-order chi connectivity index (χ0) is 9.97. The van der Waals surface area contributed by atoms with E-state index in [1.54, 1.807) is 0 Å². The molecule has 0 aromatic carbocycles. The summed E-state index contributed by atoms with van der Waals surface area (Å²) in [7, 11) is 0. The van der Waals surface area contributed by atoms with Crippen molar-refractivity contribution < 1.29 is 4.74 Å². The molecule has 14 heavy (non-hydrogen) atoms. The Hall–Kier alpha value is -0.0800. The molecular formula is C12H23NO. The summed E-state index contributed by atoms with van der Waals surface area (Å²) in [6.45, 7) is 4.36. The fraction of sp³-hybridized carbons (Fsp3) is 1.00. The Labute approximate surface area is 87.2 Å². The molecule has 0 aromatic heterocycles. The van der Waals surface area contributed by atoms with Crippen molar-refractivity contribution in [2.45, 2.75) is 45.1 Å². The van der Waals surface area contributed by atoms with Gasteiger partial charge in [0.2, 0.25) is 0 Å². The molecule has 2 heteroatoms. The molecule has 2 aliphatic rings. The topological polar surface area (TPSA) is 35.2 Å². The number of rotatable bonds is 1. The van der Waals surface area contributed by atoms with Crippen molar-refractivity contribution in [1.29, 1.82) is 0 Å². The third-order valence-corrected chi connectivity index (χ3v) is 4.17. The van der Waals surface area contributed by atoms with E-state index >= 15 is 0 Å². The normalized spacial score (nSPS) is 41.1. The van der Waals surface area contributed by atoms with Gasteiger partial charge in [-0.3, -0.25) is 0 Å². The van der Waals surface area contributed by atoms with E-state index < -0.39 is 0 Å². The Morgan fingerprint density at radius 1 is 1.07 bits per heavy atom. The lowest BCUT2D eigenvalue weighted by atomic mass is 9.69. The van der Waals surface area contributed by atoms with Crippen LogP contribution in [0.3, 0.4) is 0 Å². The Bertz CT molecular complexity index is 177. The van der Waals surface area contributed by atoms with Gasteiger partial charge < -0.3 is 10.5 Å². The van der Waals surface area contributed by atoms with Gasteiger partial charge in [-0.2, -0.15) is 0 Å². The van der Waals surface area contributed by atoms with Crippen LogP contribution < -0.4 is 5.73 Å². The standard InChI is InChI=1S/C12H23NO/c1-9-2-3-11(13)8-12(9)10-4-6-14-7-5-10/h9-12H,2-8,13H2,1H3. The highest BCUT2D eigenvalue weighted by Gasteiger charge is 2.32. The highest BCUT2D eigenvalue weighted by Crippen LogP contribution is 2.38. The minimum Gasteiger partial charge on any atom is -0.381 e. The van der Waals surface area contributed by atoms with Crippen LogP contribution in [0.15, 0.2) is 0 Å². The predicted molar refractivity (Wildman–Crippen MR) is 58.0 cm³/mol. The van der Waals surface area contributed by atoms with Gasteiger partial charge >= 0.3 is 0 Å². The van der Waals surface area contributed by atoms with Crippen LogP contribution in [0, 0.1) is 17.8 Å². The molecule has 1 heterocycles. The third kappa shape index (κ3) is 2.29. The van der Waals surface area contributed by atoms with Gasteiger partial charge in [-0.15, -0.1) is 0 Å². The predicted octanol–water partition coefficient (Wildman–Crippen LogP) is 2.18. The first-order valence-electron chi connectivity index (χ1n) is 6.10. The van der Waals surface area contributed by atoms with Gasteiger partial charge in [0.15, 0.2) is 0 Å². The van der Waals surface area contributed by atoms with Gasteiger partial charge in [0.1, 0.15) is 0 Å². The Morgan fingerprint density at radius 3 is 2.50 bits per heavy atom. The second-order valence-electron chi connectivity index (χ2n) is 5.16. The SMILES string of the molecule is CC1CCC(N)CC1C1CCOCC1. The van der Waals surface area contributed by atoms with Crippen molar-refractivity contribution in [2.75, 3.05) is 13.2 Å². The lowest BCUT2D eigenvalue weighted by Gasteiger charge is -2.39. The number of hydrogen-bond donors (Lipinski definition) is 1. The van der Waals surface area contributed by atoms with E-state index in [0.717, 1.165) is 31.0 Å². The molecule has 1 aliphatic heterocycles. The molecule has 0 aromatic rings. The second-order valence-corrected chi connectivity index (χ2v) is 5.16. The molecule has 2 nitrogen and oxygen atoms in total. The zero-order valence-corrected chi connectivity index (χ0v) is 9.24. The van der Waals surface area contributed by atoms with E-state index in [9.17, 15) is 0 Å². The van der Waals surface area contributed by atoms with E-state index in [2.05, 4.69) is 6.92 Å². The molecule has 2 fully saturated rings. The molecule has 0 bridgehead atoms. The minimum absolute atomic E-state index is 0.471. The van der Waals surface area contributed by atoms with Crippen molar-refractivity contribution in [3.05, 3.63) is 0 Å². The van der Waals surface area contributed by atoms with Crippen LogP contribution in [0.4, 0.5) is 0 Å². The van der Waals surface area contributed by atoms with E-state index in [4.69, 9.17) is 10.5 Å². The van der Waals surface area contributed by atoms with Gasteiger partial charge in [0, 0.05) is 19.3 Å². The van der Waals surface area contributed by atoms with Gasteiger partial charge in [-0.05, 0) is 49.9 Å². The van der Waals surface area contributed by atoms with E-state index in [1.807, 2.05) is 0 Å². The highest BCUT2D eigenvalue weighted by atomic mass is 16.5. The molecule has 1 saturated carbocycles. The first-order chi connectivity index (χ1) is 6.77. The Kier molecular flexibility index (Phi) is 3.45. The molecule has 2 rings (SSSR count). The van der Waals surface area contributed by atoms with Crippen LogP contribution in [0.25, 0.3) is 0 Å². The van der Waals surface area contributed by atoms with Crippen LogP contribution in [-0.4, -0.2) is 19.3 Å². The van der Waals surface area contributed by atoms with E-state index in [1.165, 1.54) is 32.1 Å². The second kappa shape index (κ2) is 4.63. The molecule has 1 aliphatic carbocycles. The average Bonchev–Trinajstić information content (AvgIpc) is 2.23. The highest BCUT2D eigenvalue weighted by molar-refractivity contribution is 4.85. The monoisotopic (exact) mass is 197 g/mol. The molecule has 0 spiro atoms. The number of ether oxygens (including phenoxy) is 1. The molecule has 0 amide bonds. The summed E-state index contributed by atoms with van der Waals surface area (Å²) < 4.78 is 5.42. The lowest BCUT2D eigenvalue weighted by Crippen LogP contribution is -2.37. The molecular weight excluding hydrogens is 174 g/mol. The van der Waals surface area contributed by atoms with Crippen LogP contribution in [0.5, 0.6) is 0 Å². The van der Waals surface area contributed by atoms with Crippen LogP contribution >= 0.6 is 0 Å². The average molecular weight is 197 g/mol. The molecule has 1 saturated heterocycles. The summed E-state index contributed by atoms with van der Waals surface area (Å²) in [4.78, 5) is 0. The largest absolute Gasteiger partial charge is 0.381 e.